The number of allylic oxidation sites excluding steroid dienone is 4. The summed E-state index contributed by atoms with van der Waals surface area (Å²) in [7, 11) is 0. The third kappa shape index (κ3) is 2.78. The minimum atomic E-state index is 0.621. The summed E-state index contributed by atoms with van der Waals surface area (Å²) in [4.78, 5) is 0. The van der Waals surface area contributed by atoms with E-state index < -0.39 is 0 Å². The third-order valence-electron chi connectivity index (χ3n) is 4.14. The molecule has 94 valence electrons. The average molecular weight is 250 g/mol. The molecule has 2 unspecified atom stereocenters. The molecule has 4 atom stereocenters. The summed E-state index contributed by atoms with van der Waals surface area (Å²) in [6.07, 6.45) is 17.1. The monoisotopic (exact) mass is 250 g/mol. The van der Waals surface area contributed by atoms with E-state index in [0.29, 0.717) is 10.7 Å². The van der Waals surface area contributed by atoms with E-state index in [9.17, 15) is 0 Å². The summed E-state index contributed by atoms with van der Waals surface area (Å²) in [5.41, 5.74) is 7.06. The molecular formula is C14H22N2S. The van der Waals surface area contributed by atoms with Gasteiger partial charge in [0, 0.05) is 0 Å². The Labute approximate surface area is 108 Å². The lowest BCUT2D eigenvalue weighted by Gasteiger charge is -2.25. The highest BCUT2D eigenvalue weighted by atomic mass is 32.2. The highest BCUT2D eigenvalue weighted by molar-refractivity contribution is 8.00. The molecule has 1 aliphatic heterocycles. The van der Waals surface area contributed by atoms with Crippen molar-refractivity contribution in [1.29, 1.82) is 0 Å². The zero-order valence-electron chi connectivity index (χ0n) is 10.3. The number of thioether (sulfide) groups is 1. The van der Waals surface area contributed by atoms with Gasteiger partial charge in [-0.3, -0.25) is 0 Å². The first-order chi connectivity index (χ1) is 8.43. The zero-order chi connectivity index (χ0) is 11.5. The van der Waals surface area contributed by atoms with Crippen LogP contribution in [-0.2, 0) is 0 Å². The highest BCUT2D eigenvalue weighted by Gasteiger charge is 2.34. The highest BCUT2D eigenvalue weighted by Crippen LogP contribution is 2.37. The fourth-order valence-electron chi connectivity index (χ4n) is 3.03. The molecule has 0 amide bonds. The van der Waals surface area contributed by atoms with Crippen molar-refractivity contribution in [3.05, 3.63) is 24.3 Å². The summed E-state index contributed by atoms with van der Waals surface area (Å²) in [6.45, 7) is 0. The van der Waals surface area contributed by atoms with E-state index in [1.165, 1.54) is 38.5 Å². The van der Waals surface area contributed by atoms with Gasteiger partial charge in [-0.1, -0.05) is 24.3 Å². The normalized spacial score (nSPS) is 41.9. The van der Waals surface area contributed by atoms with Gasteiger partial charge in [-0.25, -0.2) is 10.9 Å². The van der Waals surface area contributed by atoms with Crippen LogP contribution in [-0.4, -0.2) is 10.7 Å². The minimum Gasteiger partial charge on any atom is -0.243 e. The summed E-state index contributed by atoms with van der Waals surface area (Å²) in [5, 5.41) is 1.24. The zero-order valence-corrected chi connectivity index (χ0v) is 11.1. The Balaban J connectivity index is 1.54. The Bertz CT molecular complexity index is 283. The summed E-state index contributed by atoms with van der Waals surface area (Å²) in [6, 6.07) is 0. The molecule has 3 aliphatic rings. The SMILES string of the molecule is C1=CCC([C@@H]2NN[C@@H](C3CC=CCC3)S2)CC1. The number of nitrogens with one attached hydrogen (secondary N) is 2. The van der Waals surface area contributed by atoms with Crippen molar-refractivity contribution in [3.63, 3.8) is 0 Å². The smallest absolute Gasteiger partial charge is 0.0713 e. The predicted octanol–water partition coefficient (Wildman–Crippen LogP) is 3.19. The van der Waals surface area contributed by atoms with Crippen LogP contribution in [0.15, 0.2) is 24.3 Å². The molecule has 0 radical (unpaired) electrons. The van der Waals surface area contributed by atoms with Gasteiger partial charge in [0.05, 0.1) is 10.7 Å². The quantitative estimate of drug-likeness (QED) is 0.736. The number of rotatable bonds is 2. The van der Waals surface area contributed by atoms with E-state index in [2.05, 4.69) is 46.9 Å². The van der Waals surface area contributed by atoms with E-state index in [1.54, 1.807) is 0 Å². The maximum atomic E-state index is 3.53. The van der Waals surface area contributed by atoms with Gasteiger partial charge in [-0.15, -0.1) is 11.8 Å². The van der Waals surface area contributed by atoms with Gasteiger partial charge in [0.25, 0.3) is 0 Å². The molecule has 2 nitrogen and oxygen atoms in total. The third-order valence-corrected chi connectivity index (χ3v) is 5.73. The second-order valence-corrected chi connectivity index (χ2v) is 6.64. The van der Waals surface area contributed by atoms with Crippen LogP contribution in [0.2, 0.25) is 0 Å². The molecule has 3 rings (SSSR count). The van der Waals surface area contributed by atoms with Crippen LogP contribution in [0.4, 0.5) is 0 Å². The van der Waals surface area contributed by atoms with E-state index >= 15 is 0 Å². The molecule has 1 heterocycles. The van der Waals surface area contributed by atoms with Gasteiger partial charge in [0.15, 0.2) is 0 Å². The van der Waals surface area contributed by atoms with Gasteiger partial charge < -0.3 is 0 Å². The minimum absolute atomic E-state index is 0.621. The Hall–Kier alpha value is -0.250. The van der Waals surface area contributed by atoms with Crippen LogP contribution in [0, 0.1) is 11.8 Å². The lowest BCUT2D eigenvalue weighted by atomic mass is 9.94. The fraction of sp³-hybridized carbons (Fsp3) is 0.714. The standard InChI is InChI=1S/C14H22N2S/c1-3-7-11(8-4-1)13-15-16-14(17-13)12-9-5-2-6-10-12/h1-3,5,11-16H,4,6-10H2/t11?,12?,13-,14-/m1/s1. The van der Waals surface area contributed by atoms with E-state index in [-0.39, 0.29) is 0 Å². The summed E-state index contributed by atoms with van der Waals surface area (Å²) < 4.78 is 0. The van der Waals surface area contributed by atoms with Crippen molar-refractivity contribution in [1.82, 2.24) is 10.9 Å². The van der Waals surface area contributed by atoms with Crippen LogP contribution in [0.3, 0.4) is 0 Å². The second kappa shape index (κ2) is 5.59. The largest absolute Gasteiger partial charge is 0.243 e. The molecular weight excluding hydrogens is 228 g/mol. The lowest BCUT2D eigenvalue weighted by Crippen LogP contribution is -2.39. The lowest BCUT2D eigenvalue weighted by molar-refractivity contribution is 0.357. The molecule has 0 aromatic rings. The first kappa shape index (κ1) is 11.8. The molecule has 0 bridgehead atoms. The maximum Gasteiger partial charge on any atom is 0.0713 e. The molecule has 0 aromatic carbocycles. The fourth-order valence-corrected chi connectivity index (χ4v) is 4.56. The summed E-state index contributed by atoms with van der Waals surface area (Å²) in [5.74, 6) is 1.64. The number of hydrogen-bond acceptors (Lipinski definition) is 3. The van der Waals surface area contributed by atoms with Gasteiger partial charge in [0.2, 0.25) is 0 Å². The molecule has 2 aliphatic carbocycles. The van der Waals surface area contributed by atoms with Gasteiger partial charge >= 0.3 is 0 Å². The van der Waals surface area contributed by atoms with Gasteiger partial charge in [0.1, 0.15) is 0 Å². The van der Waals surface area contributed by atoms with Gasteiger partial charge in [-0.2, -0.15) is 0 Å². The molecule has 17 heavy (non-hydrogen) atoms. The van der Waals surface area contributed by atoms with Crippen molar-refractivity contribution >= 4 is 11.8 Å². The molecule has 0 aromatic heterocycles. The molecule has 1 saturated heterocycles. The molecule has 1 fully saturated rings. The molecule has 0 saturated carbocycles. The van der Waals surface area contributed by atoms with Crippen molar-refractivity contribution < 1.29 is 0 Å². The van der Waals surface area contributed by atoms with Crippen LogP contribution >= 0.6 is 11.8 Å². The maximum absolute atomic E-state index is 3.53. The Morgan fingerprint density at radius 2 is 1.29 bits per heavy atom. The van der Waals surface area contributed by atoms with E-state index in [1.807, 2.05) is 0 Å². The van der Waals surface area contributed by atoms with Crippen LogP contribution in [0.1, 0.15) is 38.5 Å². The molecule has 3 heteroatoms. The molecule has 0 spiro atoms. The van der Waals surface area contributed by atoms with Crippen molar-refractivity contribution in [2.75, 3.05) is 0 Å². The van der Waals surface area contributed by atoms with Crippen LogP contribution in [0.25, 0.3) is 0 Å². The Morgan fingerprint density at radius 1 is 0.765 bits per heavy atom. The topological polar surface area (TPSA) is 24.1 Å². The van der Waals surface area contributed by atoms with Crippen molar-refractivity contribution in [3.8, 4) is 0 Å². The van der Waals surface area contributed by atoms with Gasteiger partial charge in [-0.05, 0) is 50.4 Å². The van der Waals surface area contributed by atoms with Crippen LogP contribution in [0.5, 0.6) is 0 Å². The van der Waals surface area contributed by atoms with Crippen LogP contribution < -0.4 is 10.9 Å². The number of hydrazine groups is 1. The van der Waals surface area contributed by atoms with E-state index in [4.69, 9.17) is 0 Å². The van der Waals surface area contributed by atoms with Crippen molar-refractivity contribution in [2.45, 2.75) is 49.3 Å². The van der Waals surface area contributed by atoms with Crippen molar-refractivity contribution in [2.24, 2.45) is 11.8 Å². The predicted molar refractivity (Wildman–Crippen MR) is 74.4 cm³/mol. The molecule has 2 N–H and O–H groups in total. The Morgan fingerprint density at radius 3 is 1.71 bits per heavy atom. The summed E-state index contributed by atoms with van der Waals surface area (Å²) >= 11 is 2.13. The number of hydrogen-bond donors (Lipinski definition) is 2. The van der Waals surface area contributed by atoms with E-state index in [0.717, 1.165) is 11.8 Å². The first-order valence-corrected chi connectivity index (χ1v) is 7.84. The first-order valence-electron chi connectivity index (χ1n) is 6.90. The second-order valence-electron chi connectivity index (χ2n) is 5.36. The average Bonchev–Trinajstić information content (AvgIpc) is 2.90. The Kier molecular flexibility index (Phi) is 3.89.